The van der Waals surface area contributed by atoms with Crippen molar-refractivity contribution in [1.29, 1.82) is 0 Å². The summed E-state index contributed by atoms with van der Waals surface area (Å²) < 4.78 is 0. The molecular weight excluding hydrogens is 330 g/mol. The van der Waals surface area contributed by atoms with E-state index in [2.05, 4.69) is 0 Å². The molecule has 0 saturated heterocycles. The van der Waals surface area contributed by atoms with Crippen molar-refractivity contribution in [3.63, 3.8) is 0 Å². The minimum atomic E-state index is -0.459. The summed E-state index contributed by atoms with van der Waals surface area (Å²) >= 11 is 3.23. The monoisotopic (exact) mass is 344 g/mol. The predicted octanol–water partition coefficient (Wildman–Crippen LogP) is 4.59. The van der Waals surface area contributed by atoms with E-state index in [4.69, 9.17) is 0 Å². The molecule has 0 aliphatic rings. The van der Waals surface area contributed by atoms with Gasteiger partial charge in [-0.1, -0.05) is 6.07 Å². The Morgan fingerprint density at radius 3 is 1.96 bits per heavy atom. The van der Waals surface area contributed by atoms with Gasteiger partial charge in [-0.05, 0) is 43.7 Å². The standard InChI is InChI=1S/C17H15NO3S2/c1-10-3-7-15(22-10)17(16-8-4-11(2)23-16)13-9-12(18(20)21)5-6-14(13)19/h3-9,17,19H,1-2H3/p-1. The number of nitro benzene ring substituents is 1. The van der Waals surface area contributed by atoms with Crippen LogP contribution in [0.25, 0.3) is 0 Å². The van der Waals surface area contributed by atoms with E-state index in [0.717, 1.165) is 19.5 Å². The predicted molar refractivity (Wildman–Crippen MR) is 91.6 cm³/mol. The average molecular weight is 344 g/mol. The number of rotatable bonds is 4. The number of non-ortho nitro benzene ring substituents is 1. The summed E-state index contributed by atoms with van der Waals surface area (Å²) in [6.45, 7) is 4.02. The van der Waals surface area contributed by atoms with E-state index >= 15 is 0 Å². The molecule has 0 spiro atoms. The van der Waals surface area contributed by atoms with Crippen molar-refractivity contribution < 1.29 is 10.0 Å². The fourth-order valence-corrected chi connectivity index (χ4v) is 4.64. The maximum Gasteiger partial charge on any atom is 0.269 e. The number of benzene rings is 1. The lowest BCUT2D eigenvalue weighted by molar-refractivity contribution is -0.385. The Hall–Kier alpha value is -2.18. The van der Waals surface area contributed by atoms with Crippen LogP contribution in [-0.4, -0.2) is 4.92 Å². The molecule has 0 amide bonds. The van der Waals surface area contributed by atoms with Crippen LogP contribution in [0.4, 0.5) is 5.69 Å². The van der Waals surface area contributed by atoms with E-state index in [1.807, 2.05) is 38.1 Å². The highest BCUT2D eigenvalue weighted by Crippen LogP contribution is 2.42. The fraction of sp³-hybridized carbons (Fsp3) is 0.176. The van der Waals surface area contributed by atoms with Crippen molar-refractivity contribution in [2.45, 2.75) is 19.8 Å². The number of hydrogen-bond acceptors (Lipinski definition) is 5. The van der Waals surface area contributed by atoms with Gasteiger partial charge in [0.2, 0.25) is 0 Å². The third-order valence-electron chi connectivity index (χ3n) is 3.61. The molecule has 0 aliphatic heterocycles. The van der Waals surface area contributed by atoms with Gasteiger partial charge in [-0.3, -0.25) is 10.1 Å². The summed E-state index contributed by atoms with van der Waals surface area (Å²) in [5.41, 5.74) is 0.411. The largest absolute Gasteiger partial charge is 0.872 e. The molecular formula is C17H14NO3S2-. The summed E-state index contributed by atoms with van der Waals surface area (Å²) in [5, 5.41) is 23.5. The first-order chi connectivity index (χ1) is 11.0. The molecule has 2 heterocycles. The molecule has 1 aromatic carbocycles. The molecule has 3 rings (SSSR count). The maximum atomic E-state index is 12.4. The fourth-order valence-electron chi connectivity index (χ4n) is 2.54. The third-order valence-corrected chi connectivity index (χ3v) is 5.74. The van der Waals surface area contributed by atoms with Gasteiger partial charge in [0.05, 0.1) is 10.8 Å². The average Bonchev–Trinajstić information content (AvgIpc) is 3.10. The van der Waals surface area contributed by atoms with Crippen LogP contribution >= 0.6 is 22.7 Å². The SMILES string of the molecule is Cc1ccc(C(c2ccc(C)s2)c2cc([N+](=O)[O-])ccc2[O-])s1. The van der Waals surface area contributed by atoms with Gasteiger partial charge in [0.15, 0.2) is 0 Å². The van der Waals surface area contributed by atoms with Crippen molar-refractivity contribution in [2.24, 2.45) is 0 Å². The highest BCUT2D eigenvalue weighted by Gasteiger charge is 2.22. The van der Waals surface area contributed by atoms with Crippen molar-refractivity contribution >= 4 is 28.4 Å². The van der Waals surface area contributed by atoms with Crippen LogP contribution in [0, 0.1) is 24.0 Å². The molecule has 6 heteroatoms. The number of thiophene rings is 2. The lowest BCUT2D eigenvalue weighted by Crippen LogP contribution is -2.05. The van der Waals surface area contributed by atoms with Gasteiger partial charge in [-0.25, -0.2) is 0 Å². The highest BCUT2D eigenvalue weighted by molar-refractivity contribution is 7.13. The molecule has 0 radical (unpaired) electrons. The van der Waals surface area contributed by atoms with E-state index in [1.165, 1.54) is 18.2 Å². The third kappa shape index (κ3) is 3.13. The Morgan fingerprint density at radius 1 is 0.957 bits per heavy atom. The van der Waals surface area contributed by atoms with Crippen molar-refractivity contribution in [1.82, 2.24) is 0 Å². The van der Waals surface area contributed by atoms with Gasteiger partial charge >= 0.3 is 0 Å². The van der Waals surface area contributed by atoms with Crippen LogP contribution in [-0.2, 0) is 0 Å². The van der Waals surface area contributed by atoms with Gasteiger partial charge in [0, 0.05) is 31.6 Å². The minimum Gasteiger partial charge on any atom is -0.872 e. The summed E-state index contributed by atoms with van der Waals surface area (Å²) in [4.78, 5) is 15.0. The zero-order chi connectivity index (χ0) is 16.6. The number of aryl methyl sites for hydroxylation is 2. The quantitative estimate of drug-likeness (QED) is 0.513. The Bertz CT molecular complexity index is 826. The van der Waals surface area contributed by atoms with Crippen LogP contribution in [0.5, 0.6) is 5.75 Å². The van der Waals surface area contributed by atoms with E-state index in [-0.39, 0.29) is 17.4 Å². The van der Waals surface area contributed by atoms with Crippen molar-refractivity contribution in [3.8, 4) is 5.75 Å². The summed E-state index contributed by atoms with van der Waals surface area (Å²) in [6, 6.07) is 12.0. The zero-order valence-electron chi connectivity index (χ0n) is 12.6. The molecule has 0 bridgehead atoms. The molecule has 4 nitrogen and oxygen atoms in total. The Labute approximate surface area is 141 Å². The van der Waals surface area contributed by atoms with Gasteiger partial charge < -0.3 is 5.11 Å². The number of nitrogens with zero attached hydrogens (tertiary/aromatic N) is 1. The lowest BCUT2D eigenvalue weighted by Gasteiger charge is -2.21. The molecule has 0 fully saturated rings. The molecule has 3 aromatic rings. The molecule has 2 aromatic heterocycles. The highest BCUT2D eigenvalue weighted by atomic mass is 32.1. The molecule has 118 valence electrons. The first-order valence-corrected chi connectivity index (χ1v) is 8.67. The Morgan fingerprint density at radius 2 is 1.52 bits per heavy atom. The first kappa shape index (κ1) is 15.7. The second kappa shape index (κ2) is 6.14. The van der Waals surface area contributed by atoms with Crippen LogP contribution < -0.4 is 5.11 Å². The molecule has 0 saturated carbocycles. The van der Waals surface area contributed by atoms with Gasteiger partial charge in [-0.15, -0.1) is 28.4 Å². The molecule has 23 heavy (non-hydrogen) atoms. The van der Waals surface area contributed by atoms with Crippen LogP contribution in [0.2, 0.25) is 0 Å². The van der Waals surface area contributed by atoms with E-state index < -0.39 is 4.92 Å². The summed E-state index contributed by atoms with van der Waals surface area (Å²) in [6.07, 6.45) is 0. The van der Waals surface area contributed by atoms with Crippen LogP contribution in [0.1, 0.15) is 31.0 Å². The maximum absolute atomic E-state index is 12.4. The second-order valence-corrected chi connectivity index (χ2v) is 7.95. The molecule has 0 atom stereocenters. The van der Waals surface area contributed by atoms with Crippen LogP contribution in [0.3, 0.4) is 0 Å². The summed E-state index contributed by atoms with van der Waals surface area (Å²) in [7, 11) is 0. The smallest absolute Gasteiger partial charge is 0.269 e. The summed E-state index contributed by atoms with van der Waals surface area (Å²) in [5.74, 6) is -0.419. The number of nitro groups is 1. The van der Waals surface area contributed by atoms with Gasteiger partial charge in [0.1, 0.15) is 0 Å². The topological polar surface area (TPSA) is 66.2 Å². The van der Waals surface area contributed by atoms with Crippen molar-refractivity contribution in [2.75, 3.05) is 0 Å². The molecule has 0 unspecified atom stereocenters. The normalized spacial score (nSPS) is 11.1. The van der Waals surface area contributed by atoms with E-state index in [9.17, 15) is 15.2 Å². The zero-order valence-corrected chi connectivity index (χ0v) is 14.2. The van der Waals surface area contributed by atoms with E-state index in [0.29, 0.717) is 5.56 Å². The van der Waals surface area contributed by atoms with Gasteiger partial charge in [0.25, 0.3) is 5.69 Å². The second-order valence-electron chi connectivity index (χ2n) is 5.31. The first-order valence-electron chi connectivity index (χ1n) is 7.03. The minimum absolute atomic E-state index is 0.0499. The lowest BCUT2D eigenvalue weighted by atomic mass is 9.94. The Balaban J connectivity index is 2.19. The molecule has 0 aliphatic carbocycles. The van der Waals surface area contributed by atoms with E-state index in [1.54, 1.807) is 22.7 Å². The Kier molecular flexibility index (Phi) is 4.19. The molecule has 0 N–H and O–H groups in total. The number of hydrogen-bond donors (Lipinski definition) is 0. The van der Waals surface area contributed by atoms with Crippen molar-refractivity contribution in [3.05, 3.63) is 77.7 Å². The van der Waals surface area contributed by atoms with Gasteiger partial charge in [-0.2, -0.15) is 0 Å². The van der Waals surface area contributed by atoms with Crippen LogP contribution in [0.15, 0.2) is 42.5 Å².